The van der Waals surface area contributed by atoms with Crippen LogP contribution in [-0.2, 0) is 9.53 Å². The number of carbonyl (C=O) groups is 1. The Labute approximate surface area is 80.7 Å². The maximum absolute atomic E-state index is 11.0. The van der Waals surface area contributed by atoms with Crippen LogP contribution >= 0.6 is 0 Å². The zero-order chi connectivity index (χ0) is 10.1. The van der Waals surface area contributed by atoms with Crippen molar-refractivity contribution in [3.8, 4) is 12.0 Å². The van der Waals surface area contributed by atoms with Crippen LogP contribution in [0.5, 0.6) is 0 Å². The zero-order valence-electron chi connectivity index (χ0n) is 8.72. The minimum absolute atomic E-state index is 0.223. The Morgan fingerprint density at radius 2 is 2.15 bits per heavy atom. The monoisotopic (exact) mass is 182 g/mol. The second-order valence-electron chi connectivity index (χ2n) is 3.45. The van der Waals surface area contributed by atoms with Crippen LogP contribution in [0.4, 0.5) is 0 Å². The van der Waals surface area contributed by atoms with Gasteiger partial charge in [-0.25, -0.2) is 0 Å². The Kier molecular flexibility index (Phi) is 7.10. The number of unbranched alkanes of at least 4 members (excludes halogenated alkanes) is 2. The molecular weight excluding hydrogens is 164 g/mol. The molecule has 0 aromatic rings. The predicted octanol–water partition coefficient (Wildman–Crippen LogP) is 2.73. The molecule has 0 amide bonds. The van der Waals surface area contributed by atoms with E-state index in [0.29, 0.717) is 12.3 Å². The van der Waals surface area contributed by atoms with Crippen molar-refractivity contribution in [2.75, 3.05) is 0 Å². The van der Waals surface area contributed by atoms with Gasteiger partial charge in [-0.3, -0.25) is 4.79 Å². The number of ether oxygens (including phenoxy) is 1. The number of esters is 1. The third-order valence-corrected chi connectivity index (χ3v) is 1.47. The molecule has 0 rings (SSSR count). The van der Waals surface area contributed by atoms with Crippen molar-refractivity contribution in [2.45, 2.75) is 46.5 Å². The van der Waals surface area contributed by atoms with E-state index in [2.05, 4.69) is 19.0 Å². The average Bonchev–Trinajstić information content (AvgIpc) is 2.02. The first-order valence-corrected chi connectivity index (χ1v) is 4.84. The van der Waals surface area contributed by atoms with Gasteiger partial charge in [0.15, 0.2) is 0 Å². The molecule has 0 fully saturated rings. The number of hydrogen-bond acceptors (Lipinski definition) is 2. The maximum Gasteiger partial charge on any atom is 0.320 e. The molecule has 13 heavy (non-hydrogen) atoms. The lowest BCUT2D eigenvalue weighted by Gasteiger charge is -1.98. The van der Waals surface area contributed by atoms with Crippen molar-refractivity contribution in [3.05, 3.63) is 0 Å². The summed E-state index contributed by atoms with van der Waals surface area (Å²) in [6.07, 6.45) is 5.87. The summed E-state index contributed by atoms with van der Waals surface area (Å²) in [5.74, 6) is 2.91. The molecule has 0 bridgehead atoms. The van der Waals surface area contributed by atoms with Crippen molar-refractivity contribution in [1.29, 1.82) is 0 Å². The van der Waals surface area contributed by atoms with Crippen LogP contribution in [0.3, 0.4) is 0 Å². The third-order valence-electron chi connectivity index (χ3n) is 1.47. The Hall–Kier alpha value is -0.970. The van der Waals surface area contributed by atoms with Gasteiger partial charge in [-0.15, -0.1) is 0 Å². The number of carbonyl (C=O) groups excluding carboxylic acids is 1. The van der Waals surface area contributed by atoms with E-state index in [0.717, 1.165) is 19.3 Å². The van der Waals surface area contributed by atoms with Crippen molar-refractivity contribution < 1.29 is 9.53 Å². The van der Waals surface area contributed by atoms with Gasteiger partial charge in [-0.05, 0) is 12.3 Å². The molecule has 0 aliphatic rings. The summed E-state index contributed by atoms with van der Waals surface area (Å²) < 4.78 is 4.70. The SMILES string of the molecule is CCCCC#COC(=O)CC(C)C. The largest absolute Gasteiger partial charge is 0.372 e. The standard InChI is InChI=1S/C11H18O2/c1-4-5-6-7-8-13-11(12)9-10(2)3/h10H,4-6,9H2,1-3H3. The lowest BCUT2D eigenvalue weighted by molar-refractivity contribution is -0.137. The zero-order valence-corrected chi connectivity index (χ0v) is 8.72. The van der Waals surface area contributed by atoms with Crippen molar-refractivity contribution >= 4 is 5.97 Å². The number of rotatable bonds is 4. The molecule has 0 heterocycles. The summed E-state index contributed by atoms with van der Waals surface area (Å²) in [6.45, 7) is 6.06. The van der Waals surface area contributed by atoms with Crippen molar-refractivity contribution in [1.82, 2.24) is 0 Å². The summed E-state index contributed by atoms with van der Waals surface area (Å²) in [5.41, 5.74) is 0. The second kappa shape index (κ2) is 7.67. The molecule has 2 nitrogen and oxygen atoms in total. The summed E-state index contributed by atoms with van der Waals surface area (Å²) in [7, 11) is 0. The molecule has 0 saturated heterocycles. The summed E-state index contributed by atoms with van der Waals surface area (Å²) in [6, 6.07) is 0. The molecule has 0 unspecified atom stereocenters. The van der Waals surface area contributed by atoms with E-state index in [-0.39, 0.29) is 5.97 Å². The minimum atomic E-state index is -0.223. The van der Waals surface area contributed by atoms with E-state index < -0.39 is 0 Å². The fraction of sp³-hybridized carbons (Fsp3) is 0.727. The van der Waals surface area contributed by atoms with E-state index in [1.54, 1.807) is 0 Å². The van der Waals surface area contributed by atoms with Gasteiger partial charge in [0, 0.05) is 12.8 Å². The van der Waals surface area contributed by atoms with Gasteiger partial charge < -0.3 is 4.74 Å². The van der Waals surface area contributed by atoms with Crippen molar-refractivity contribution in [2.24, 2.45) is 5.92 Å². The first-order valence-electron chi connectivity index (χ1n) is 4.84. The Bertz CT molecular complexity index is 196. The molecule has 0 radical (unpaired) electrons. The van der Waals surface area contributed by atoms with E-state index >= 15 is 0 Å². The highest BCUT2D eigenvalue weighted by molar-refractivity contribution is 5.70. The van der Waals surface area contributed by atoms with E-state index in [1.165, 1.54) is 0 Å². The van der Waals surface area contributed by atoms with Gasteiger partial charge in [-0.1, -0.05) is 33.1 Å². The molecule has 0 saturated carbocycles. The Morgan fingerprint density at radius 3 is 2.69 bits per heavy atom. The topological polar surface area (TPSA) is 26.3 Å². The molecular formula is C11H18O2. The highest BCUT2D eigenvalue weighted by atomic mass is 16.5. The quantitative estimate of drug-likeness (QED) is 0.379. The molecule has 0 N–H and O–H groups in total. The molecule has 2 heteroatoms. The maximum atomic E-state index is 11.0. The summed E-state index contributed by atoms with van der Waals surface area (Å²) >= 11 is 0. The lowest BCUT2D eigenvalue weighted by Crippen LogP contribution is -2.03. The first-order chi connectivity index (χ1) is 6.16. The van der Waals surface area contributed by atoms with Crippen LogP contribution in [-0.4, -0.2) is 5.97 Å². The van der Waals surface area contributed by atoms with E-state index in [9.17, 15) is 4.79 Å². The molecule has 0 aliphatic carbocycles. The smallest absolute Gasteiger partial charge is 0.320 e. The van der Waals surface area contributed by atoms with Gasteiger partial charge in [0.1, 0.15) is 6.11 Å². The van der Waals surface area contributed by atoms with Crippen LogP contribution in [0.25, 0.3) is 0 Å². The predicted molar refractivity (Wildman–Crippen MR) is 52.8 cm³/mol. The van der Waals surface area contributed by atoms with Crippen LogP contribution < -0.4 is 0 Å². The normalized spacial score (nSPS) is 9.23. The van der Waals surface area contributed by atoms with Gasteiger partial charge in [0.2, 0.25) is 0 Å². The number of hydrogen-bond donors (Lipinski definition) is 0. The molecule has 0 spiro atoms. The average molecular weight is 182 g/mol. The fourth-order valence-corrected chi connectivity index (χ4v) is 0.784. The molecule has 0 atom stereocenters. The third kappa shape index (κ3) is 8.94. The first kappa shape index (κ1) is 12.0. The Balaban J connectivity index is 3.49. The Morgan fingerprint density at radius 1 is 1.46 bits per heavy atom. The van der Waals surface area contributed by atoms with Crippen LogP contribution in [0.1, 0.15) is 46.5 Å². The van der Waals surface area contributed by atoms with E-state index in [4.69, 9.17) is 4.74 Å². The summed E-state index contributed by atoms with van der Waals surface area (Å²) in [4.78, 5) is 11.0. The molecule has 0 aliphatic heterocycles. The van der Waals surface area contributed by atoms with Crippen LogP contribution in [0, 0.1) is 17.9 Å². The highest BCUT2D eigenvalue weighted by Gasteiger charge is 2.03. The van der Waals surface area contributed by atoms with Gasteiger partial charge >= 0.3 is 5.97 Å². The molecule has 74 valence electrons. The molecule has 0 aromatic carbocycles. The van der Waals surface area contributed by atoms with E-state index in [1.807, 2.05) is 13.8 Å². The highest BCUT2D eigenvalue weighted by Crippen LogP contribution is 2.00. The fourth-order valence-electron chi connectivity index (χ4n) is 0.784. The van der Waals surface area contributed by atoms with Gasteiger partial charge in [0.05, 0.1) is 0 Å². The van der Waals surface area contributed by atoms with Gasteiger partial charge in [-0.2, -0.15) is 0 Å². The van der Waals surface area contributed by atoms with Crippen LogP contribution in [0.2, 0.25) is 0 Å². The van der Waals surface area contributed by atoms with Crippen LogP contribution in [0.15, 0.2) is 0 Å². The second-order valence-corrected chi connectivity index (χ2v) is 3.45. The molecule has 0 aromatic heterocycles. The summed E-state index contributed by atoms with van der Waals surface area (Å²) in [5, 5.41) is 0. The lowest BCUT2D eigenvalue weighted by atomic mass is 10.1. The van der Waals surface area contributed by atoms with Crippen molar-refractivity contribution in [3.63, 3.8) is 0 Å². The van der Waals surface area contributed by atoms with Gasteiger partial charge in [0.25, 0.3) is 0 Å². The minimum Gasteiger partial charge on any atom is -0.372 e.